The average molecular weight is 266 g/mol. The Balaban J connectivity index is 2.12. The molecule has 0 aromatic carbocycles. The maximum atomic E-state index is 5.95. The molecule has 1 aliphatic rings. The molecule has 0 radical (unpaired) electrons. The summed E-state index contributed by atoms with van der Waals surface area (Å²) < 4.78 is 7.72. The summed E-state index contributed by atoms with van der Waals surface area (Å²) in [4.78, 5) is 0. The molecular formula is C14H26N4O. The third kappa shape index (κ3) is 3.34. The number of ether oxygens (including phenoxy) is 1. The maximum absolute atomic E-state index is 5.95. The highest BCUT2D eigenvalue weighted by molar-refractivity contribution is 5.04. The van der Waals surface area contributed by atoms with Gasteiger partial charge in [-0.05, 0) is 19.4 Å². The van der Waals surface area contributed by atoms with Gasteiger partial charge in [0.15, 0.2) is 0 Å². The second kappa shape index (κ2) is 6.48. The number of hydrogen-bond donors (Lipinski definition) is 1. The van der Waals surface area contributed by atoms with Crippen molar-refractivity contribution in [1.29, 1.82) is 0 Å². The third-order valence-electron chi connectivity index (χ3n) is 4.26. The van der Waals surface area contributed by atoms with E-state index >= 15 is 0 Å². The van der Waals surface area contributed by atoms with Gasteiger partial charge in [0.25, 0.3) is 0 Å². The minimum Gasteiger partial charge on any atom is -0.377 e. The molecule has 1 aromatic heterocycles. The highest BCUT2D eigenvalue weighted by Gasteiger charge is 2.39. The molecule has 19 heavy (non-hydrogen) atoms. The van der Waals surface area contributed by atoms with Crippen LogP contribution in [0, 0.1) is 0 Å². The van der Waals surface area contributed by atoms with Crippen molar-refractivity contribution in [3.05, 3.63) is 11.9 Å². The molecular weight excluding hydrogens is 240 g/mol. The molecule has 1 aromatic rings. The first kappa shape index (κ1) is 14.5. The molecule has 0 saturated heterocycles. The Bertz CT molecular complexity index is 385. The van der Waals surface area contributed by atoms with E-state index in [1.165, 1.54) is 19.3 Å². The fraction of sp³-hybridized carbons (Fsp3) is 0.857. The van der Waals surface area contributed by atoms with Crippen molar-refractivity contribution >= 4 is 0 Å². The van der Waals surface area contributed by atoms with Crippen LogP contribution in [0.4, 0.5) is 0 Å². The number of likely N-dealkylation sites (N-methyl/N-ethyl adjacent to an activating group) is 1. The van der Waals surface area contributed by atoms with E-state index in [-0.39, 0.29) is 5.60 Å². The van der Waals surface area contributed by atoms with Crippen LogP contribution in [0.15, 0.2) is 6.20 Å². The molecule has 1 unspecified atom stereocenters. The summed E-state index contributed by atoms with van der Waals surface area (Å²) in [6.45, 7) is 3.10. The van der Waals surface area contributed by atoms with Gasteiger partial charge in [-0.2, -0.15) is 0 Å². The normalized spacial score (nSPS) is 20.4. The van der Waals surface area contributed by atoms with Crippen LogP contribution in [-0.2, 0) is 18.2 Å². The number of methoxy groups -OCH3 is 1. The molecule has 1 heterocycles. The summed E-state index contributed by atoms with van der Waals surface area (Å²) >= 11 is 0. The van der Waals surface area contributed by atoms with Crippen molar-refractivity contribution in [2.45, 2.75) is 57.1 Å². The molecule has 1 N–H and O–H groups in total. The van der Waals surface area contributed by atoms with Gasteiger partial charge in [0.1, 0.15) is 0 Å². The van der Waals surface area contributed by atoms with Crippen LogP contribution in [0.3, 0.4) is 0 Å². The quantitative estimate of drug-likeness (QED) is 0.851. The van der Waals surface area contributed by atoms with Crippen LogP contribution in [0.2, 0.25) is 0 Å². The molecule has 108 valence electrons. The standard InChI is InChI=1S/C14H26N4O/c1-4-15-13(10-12-11-18(2)17-16-12)14(19-3)8-6-5-7-9-14/h11,13,15H,4-10H2,1-3H3. The van der Waals surface area contributed by atoms with E-state index in [2.05, 4.69) is 22.6 Å². The molecule has 0 aliphatic heterocycles. The van der Waals surface area contributed by atoms with Crippen LogP contribution in [-0.4, -0.2) is 40.3 Å². The first-order valence-corrected chi connectivity index (χ1v) is 7.34. The van der Waals surface area contributed by atoms with E-state index < -0.39 is 0 Å². The van der Waals surface area contributed by atoms with Crippen molar-refractivity contribution in [3.8, 4) is 0 Å². The van der Waals surface area contributed by atoms with Gasteiger partial charge in [-0.1, -0.05) is 31.4 Å². The van der Waals surface area contributed by atoms with Crippen LogP contribution in [0.1, 0.15) is 44.7 Å². The lowest BCUT2D eigenvalue weighted by atomic mass is 9.77. The van der Waals surface area contributed by atoms with E-state index in [1.807, 2.05) is 20.4 Å². The van der Waals surface area contributed by atoms with Crippen molar-refractivity contribution in [2.75, 3.05) is 13.7 Å². The Kier molecular flexibility index (Phi) is 4.93. The van der Waals surface area contributed by atoms with Crippen molar-refractivity contribution in [3.63, 3.8) is 0 Å². The Morgan fingerprint density at radius 2 is 2.16 bits per heavy atom. The van der Waals surface area contributed by atoms with E-state index in [0.29, 0.717) is 6.04 Å². The molecule has 1 fully saturated rings. The Morgan fingerprint density at radius 1 is 1.42 bits per heavy atom. The van der Waals surface area contributed by atoms with Crippen molar-refractivity contribution in [2.24, 2.45) is 7.05 Å². The summed E-state index contributed by atoms with van der Waals surface area (Å²) in [6.07, 6.45) is 9.01. The maximum Gasteiger partial charge on any atom is 0.0843 e. The molecule has 1 atom stereocenters. The smallest absolute Gasteiger partial charge is 0.0843 e. The lowest BCUT2D eigenvalue weighted by Crippen LogP contribution is -2.54. The fourth-order valence-corrected chi connectivity index (χ4v) is 3.23. The van der Waals surface area contributed by atoms with Gasteiger partial charge >= 0.3 is 0 Å². The van der Waals surface area contributed by atoms with Crippen molar-refractivity contribution in [1.82, 2.24) is 20.3 Å². The minimum atomic E-state index is -0.0359. The van der Waals surface area contributed by atoms with Crippen LogP contribution in [0.5, 0.6) is 0 Å². The third-order valence-corrected chi connectivity index (χ3v) is 4.26. The Labute approximate surface area is 115 Å². The van der Waals surface area contributed by atoms with E-state index in [9.17, 15) is 0 Å². The van der Waals surface area contributed by atoms with E-state index in [1.54, 1.807) is 4.68 Å². The molecule has 5 heteroatoms. The van der Waals surface area contributed by atoms with Gasteiger partial charge in [0, 0.05) is 32.8 Å². The molecule has 2 rings (SSSR count). The number of nitrogens with zero attached hydrogens (tertiary/aromatic N) is 3. The Morgan fingerprint density at radius 3 is 2.68 bits per heavy atom. The summed E-state index contributed by atoms with van der Waals surface area (Å²) in [5, 5.41) is 11.8. The van der Waals surface area contributed by atoms with Crippen LogP contribution in [0.25, 0.3) is 0 Å². The van der Waals surface area contributed by atoms with Gasteiger partial charge in [0.2, 0.25) is 0 Å². The number of aromatic nitrogens is 3. The first-order valence-electron chi connectivity index (χ1n) is 7.34. The summed E-state index contributed by atoms with van der Waals surface area (Å²) in [7, 11) is 3.76. The number of aryl methyl sites for hydroxylation is 1. The lowest BCUT2D eigenvalue weighted by Gasteiger charge is -2.42. The fourth-order valence-electron chi connectivity index (χ4n) is 3.23. The lowest BCUT2D eigenvalue weighted by molar-refractivity contribution is -0.0671. The topological polar surface area (TPSA) is 52.0 Å². The molecule has 1 aliphatic carbocycles. The number of nitrogens with one attached hydrogen (secondary N) is 1. The Hall–Kier alpha value is -0.940. The zero-order chi connectivity index (χ0) is 13.7. The average Bonchev–Trinajstić information content (AvgIpc) is 2.84. The molecule has 0 bridgehead atoms. The highest BCUT2D eigenvalue weighted by atomic mass is 16.5. The molecule has 1 saturated carbocycles. The largest absolute Gasteiger partial charge is 0.377 e. The van der Waals surface area contributed by atoms with E-state index in [0.717, 1.165) is 31.5 Å². The van der Waals surface area contributed by atoms with Crippen LogP contribution < -0.4 is 5.32 Å². The highest BCUT2D eigenvalue weighted by Crippen LogP contribution is 2.35. The summed E-state index contributed by atoms with van der Waals surface area (Å²) in [6, 6.07) is 0.319. The second-order valence-electron chi connectivity index (χ2n) is 5.53. The van der Waals surface area contributed by atoms with Gasteiger partial charge < -0.3 is 10.1 Å². The van der Waals surface area contributed by atoms with Crippen molar-refractivity contribution < 1.29 is 4.74 Å². The summed E-state index contributed by atoms with van der Waals surface area (Å²) in [5.74, 6) is 0. The zero-order valence-electron chi connectivity index (χ0n) is 12.4. The van der Waals surface area contributed by atoms with Gasteiger partial charge in [-0.15, -0.1) is 5.10 Å². The van der Waals surface area contributed by atoms with Gasteiger partial charge in [-0.25, -0.2) is 0 Å². The SMILES string of the molecule is CCNC(Cc1cn(C)nn1)C1(OC)CCCCC1. The van der Waals surface area contributed by atoms with Gasteiger partial charge in [-0.3, -0.25) is 4.68 Å². The second-order valence-corrected chi connectivity index (χ2v) is 5.53. The monoisotopic (exact) mass is 266 g/mol. The van der Waals surface area contributed by atoms with Gasteiger partial charge in [0.05, 0.1) is 11.3 Å². The molecule has 0 amide bonds. The summed E-state index contributed by atoms with van der Waals surface area (Å²) in [5.41, 5.74) is 1.00. The first-order chi connectivity index (χ1) is 9.20. The molecule has 0 spiro atoms. The zero-order valence-corrected chi connectivity index (χ0v) is 12.4. The predicted octanol–water partition coefficient (Wildman–Crippen LogP) is 1.68. The van der Waals surface area contributed by atoms with E-state index in [4.69, 9.17) is 4.74 Å². The predicted molar refractivity (Wildman–Crippen MR) is 75.0 cm³/mol. The molecule has 5 nitrogen and oxygen atoms in total. The van der Waals surface area contributed by atoms with Crippen LogP contribution >= 0.6 is 0 Å². The number of hydrogen-bond acceptors (Lipinski definition) is 4. The minimum absolute atomic E-state index is 0.0359. The number of rotatable bonds is 6.